The van der Waals surface area contributed by atoms with Crippen molar-refractivity contribution in [2.24, 2.45) is 45.8 Å². The molecule has 0 aromatic heterocycles. The summed E-state index contributed by atoms with van der Waals surface area (Å²) < 4.78 is 0. The Labute approximate surface area is 242 Å². The molecule has 1 N–H and O–H groups in total. The molecule has 3 saturated carbocycles. The summed E-state index contributed by atoms with van der Waals surface area (Å²) >= 11 is 0. The van der Waals surface area contributed by atoms with Gasteiger partial charge in [0.05, 0.1) is 5.41 Å². The standard InChI is InChI=1S/C35H65N3O/c1-10-34(9)28-17-20-35(31(39)36-33(7,8)25-38-23-21-37(11-2)22-24-38)18-12-13-29(35)27(28)14-15-30(34)32(5,6)19-16-26(3)4/h26-30H,10-25H2,1-9H3,(H,36,39). The molecule has 0 aromatic carbocycles. The van der Waals surface area contributed by atoms with Crippen LogP contribution < -0.4 is 5.32 Å². The Morgan fingerprint density at radius 2 is 1.59 bits per heavy atom. The molecule has 3 aliphatic carbocycles. The monoisotopic (exact) mass is 544 g/mol. The first-order chi connectivity index (χ1) is 18.3. The van der Waals surface area contributed by atoms with E-state index in [-0.39, 0.29) is 11.0 Å². The molecule has 4 aliphatic rings. The van der Waals surface area contributed by atoms with Gasteiger partial charge in [0.25, 0.3) is 0 Å². The molecule has 6 unspecified atom stereocenters. The third-order valence-corrected chi connectivity index (χ3v) is 12.7. The molecular formula is C35H65N3O. The predicted octanol–water partition coefficient (Wildman–Crippen LogP) is 7.62. The second kappa shape index (κ2) is 11.9. The molecule has 0 radical (unpaired) electrons. The van der Waals surface area contributed by atoms with Gasteiger partial charge in [0.1, 0.15) is 0 Å². The van der Waals surface area contributed by atoms with Gasteiger partial charge in [0.15, 0.2) is 0 Å². The second-order valence-electron chi connectivity index (χ2n) is 16.4. The lowest BCUT2D eigenvalue weighted by molar-refractivity contribution is -0.154. The number of piperazine rings is 1. The van der Waals surface area contributed by atoms with Crippen LogP contribution in [0.2, 0.25) is 0 Å². The quantitative estimate of drug-likeness (QED) is 0.308. The highest BCUT2D eigenvalue weighted by Gasteiger charge is 2.62. The van der Waals surface area contributed by atoms with Crippen LogP contribution in [0.5, 0.6) is 0 Å². The minimum Gasteiger partial charge on any atom is -0.349 e. The van der Waals surface area contributed by atoms with Gasteiger partial charge >= 0.3 is 0 Å². The van der Waals surface area contributed by atoms with Gasteiger partial charge in [0, 0.05) is 38.3 Å². The molecule has 4 heteroatoms. The molecule has 1 heterocycles. The molecule has 0 bridgehead atoms. The van der Waals surface area contributed by atoms with Gasteiger partial charge in [-0.2, -0.15) is 0 Å². The van der Waals surface area contributed by atoms with Crippen LogP contribution in [0.1, 0.15) is 127 Å². The first kappa shape index (κ1) is 31.3. The fourth-order valence-corrected chi connectivity index (χ4v) is 10.4. The zero-order valence-corrected chi connectivity index (χ0v) is 27.5. The zero-order chi connectivity index (χ0) is 28.6. The van der Waals surface area contributed by atoms with E-state index in [2.05, 4.69) is 77.4 Å². The molecule has 0 spiro atoms. The Hall–Kier alpha value is -0.610. The lowest BCUT2D eigenvalue weighted by atomic mass is 9.43. The first-order valence-corrected chi connectivity index (χ1v) is 17.1. The van der Waals surface area contributed by atoms with Crippen LogP contribution in [0.25, 0.3) is 0 Å². The molecule has 226 valence electrons. The van der Waals surface area contributed by atoms with Crippen molar-refractivity contribution in [3.8, 4) is 0 Å². The highest BCUT2D eigenvalue weighted by molar-refractivity contribution is 5.84. The van der Waals surface area contributed by atoms with E-state index in [1.165, 1.54) is 51.4 Å². The van der Waals surface area contributed by atoms with Gasteiger partial charge in [-0.15, -0.1) is 0 Å². The minimum atomic E-state index is -0.180. The Balaban J connectivity index is 1.46. The fraction of sp³-hybridized carbons (Fsp3) is 0.971. The van der Waals surface area contributed by atoms with Crippen LogP contribution in [-0.2, 0) is 4.79 Å². The number of carbonyl (C=O) groups is 1. The number of amides is 1. The highest BCUT2D eigenvalue weighted by Crippen LogP contribution is 2.67. The number of nitrogens with one attached hydrogen (secondary N) is 1. The van der Waals surface area contributed by atoms with Crippen LogP contribution in [0.15, 0.2) is 0 Å². The summed E-state index contributed by atoms with van der Waals surface area (Å²) in [6.07, 6.45) is 12.7. The maximum Gasteiger partial charge on any atom is 0.226 e. The summed E-state index contributed by atoms with van der Waals surface area (Å²) in [5.74, 6) is 4.09. The van der Waals surface area contributed by atoms with Crippen LogP contribution in [0.3, 0.4) is 0 Å². The van der Waals surface area contributed by atoms with Gasteiger partial charge in [-0.3, -0.25) is 9.69 Å². The van der Waals surface area contributed by atoms with Gasteiger partial charge in [-0.1, -0.05) is 67.7 Å². The molecule has 4 fully saturated rings. The number of carbonyl (C=O) groups excluding carboxylic acids is 1. The van der Waals surface area contributed by atoms with Crippen molar-refractivity contribution in [3.05, 3.63) is 0 Å². The van der Waals surface area contributed by atoms with E-state index in [9.17, 15) is 4.79 Å². The molecule has 4 rings (SSSR count). The first-order valence-electron chi connectivity index (χ1n) is 17.1. The average molecular weight is 544 g/mol. The lowest BCUT2D eigenvalue weighted by Crippen LogP contribution is -2.61. The van der Waals surface area contributed by atoms with E-state index >= 15 is 0 Å². The average Bonchev–Trinajstić information content (AvgIpc) is 3.33. The van der Waals surface area contributed by atoms with E-state index in [1.807, 2.05) is 0 Å². The van der Waals surface area contributed by atoms with Crippen molar-refractivity contribution in [3.63, 3.8) is 0 Å². The molecular weight excluding hydrogens is 478 g/mol. The van der Waals surface area contributed by atoms with E-state index in [1.54, 1.807) is 0 Å². The third kappa shape index (κ3) is 6.27. The van der Waals surface area contributed by atoms with Crippen molar-refractivity contribution in [1.29, 1.82) is 0 Å². The summed E-state index contributed by atoms with van der Waals surface area (Å²) in [4.78, 5) is 19.4. The summed E-state index contributed by atoms with van der Waals surface area (Å²) in [5.41, 5.74) is 0.497. The number of hydrogen-bond acceptors (Lipinski definition) is 3. The van der Waals surface area contributed by atoms with Crippen molar-refractivity contribution in [2.45, 2.75) is 132 Å². The van der Waals surface area contributed by atoms with E-state index < -0.39 is 0 Å². The molecule has 1 aliphatic heterocycles. The summed E-state index contributed by atoms with van der Waals surface area (Å²) in [5, 5.41) is 3.66. The number of hydrogen-bond donors (Lipinski definition) is 1. The smallest absolute Gasteiger partial charge is 0.226 e. The van der Waals surface area contributed by atoms with Crippen LogP contribution >= 0.6 is 0 Å². The van der Waals surface area contributed by atoms with E-state index in [0.29, 0.717) is 22.7 Å². The van der Waals surface area contributed by atoms with Crippen LogP contribution in [0.4, 0.5) is 0 Å². The number of rotatable bonds is 10. The maximum absolute atomic E-state index is 14.3. The molecule has 39 heavy (non-hydrogen) atoms. The SMILES string of the molecule is CCN1CCN(CC(C)(C)NC(=O)C23CCCC2C2CCC(C(C)(C)CCC(C)C)C(C)(CC)C2CC3)CC1. The normalized spacial score (nSPS) is 36.6. The van der Waals surface area contributed by atoms with Gasteiger partial charge in [0.2, 0.25) is 5.91 Å². The van der Waals surface area contributed by atoms with Gasteiger partial charge in [-0.05, 0) is 106 Å². The number of likely N-dealkylation sites (N-methyl/N-ethyl adjacent to an activating group) is 1. The van der Waals surface area contributed by atoms with Gasteiger partial charge in [-0.25, -0.2) is 0 Å². The zero-order valence-electron chi connectivity index (χ0n) is 27.5. The molecule has 0 aromatic rings. The molecule has 1 amide bonds. The van der Waals surface area contributed by atoms with E-state index in [4.69, 9.17) is 0 Å². The molecule has 1 saturated heterocycles. The molecule has 4 nitrogen and oxygen atoms in total. The van der Waals surface area contributed by atoms with Crippen molar-refractivity contribution < 1.29 is 4.79 Å². The highest BCUT2D eigenvalue weighted by atomic mass is 16.2. The Morgan fingerprint density at radius 1 is 0.923 bits per heavy atom. The van der Waals surface area contributed by atoms with Gasteiger partial charge < -0.3 is 10.2 Å². The minimum absolute atomic E-state index is 0.117. The summed E-state index contributed by atoms with van der Waals surface area (Å²) in [6, 6.07) is 0. The second-order valence-corrected chi connectivity index (χ2v) is 16.4. The number of fused-ring (bicyclic) bond motifs is 3. The molecule has 6 atom stereocenters. The topological polar surface area (TPSA) is 35.6 Å². The Morgan fingerprint density at radius 3 is 2.21 bits per heavy atom. The van der Waals surface area contributed by atoms with Crippen molar-refractivity contribution in [2.75, 3.05) is 39.3 Å². The summed E-state index contributed by atoms with van der Waals surface area (Å²) in [7, 11) is 0. The maximum atomic E-state index is 14.3. The Kier molecular flexibility index (Phi) is 9.59. The van der Waals surface area contributed by atoms with Crippen molar-refractivity contribution in [1.82, 2.24) is 15.1 Å². The lowest BCUT2D eigenvalue weighted by Gasteiger charge is -2.61. The largest absolute Gasteiger partial charge is 0.349 e. The number of nitrogens with zero attached hydrogens (tertiary/aromatic N) is 2. The Bertz CT molecular complexity index is 828. The predicted molar refractivity (Wildman–Crippen MR) is 166 cm³/mol. The van der Waals surface area contributed by atoms with Crippen LogP contribution in [-0.4, -0.2) is 60.5 Å². The van der Waals surface area contributed by atoms with Crippen LogP contribution in [0, 0.1) is 45.8 Å². The van der Waals surface area contributed by atoms with Crippen molar-refractivity contribution >= 4 is 5.91 Å². The third-order valence-electron chi connectivity index (χ3n) is 12.7. The van der Waals surface area contributed by atoms with E-state index in [0.717, 1.165) is 75.8 Å². The fourth-order valence-electron chi connectivity index (χ4n) is 10.4. The summed E-state index contributed by atoms with van der Waals surface area (Å²) in [6.45, 7) is 28.5.